The van der Waals surface area contributed by atoms with Crippen molar-refractivity contribution >= 4 is 17.5 Å². The van der Waals surface area contributed by atoms with Gasteiger partial charge in [-0.1, -0.05) is 11.6 Å². The number of ether oxygens (including phenoxy) is 1. The van der Waals surface area contributed by atoms with Crippen LogP contribution in [-0.4, -0.2) is 31.0 Å². The average Bonchev–Trinajstić information content (AvgIpc) is 2.24. The molecule has 7 heteroatoms. The Morgan fingerprint density at radius 2 is 2.31 bits per heavy atom. The normalized spacial score (nSPS) is 10.3. The minimum atomic E-state index is -2.59. The molecule has 16 heavy (non-hydrogen) atoms. The number of alkyl halides is 2. The third kappa shape index (κ3) is 3.62. The van der Waals surface area contributed by atoms with Crippen LogP contribution in [0.3, 0.4) is 0 Å². The number of nitrogens with zero attached hydrogens (tertiary/aromatic N) is 1. The number of halogens is 3. The highest BCUT2D eigenvalue weighted by molar-refractivity contribution is 6.29. The van der Waals surface area contributed by atoms with E-state index in [-0.39, 0.29) is 16.6 Å². The Bertz CT molecular complexity index is 388. The number of pyridine rings is 1. The van der Waals surface area contributed by atoms with E-state index in [0.717, 1.165) is 0 Å². The molecular formula is C9H9ClF2N2O2. The van der Waals surface area contributed by atoms with Crippen LogP contribution < -0.4 is 10.1 Å². The summed E-state index contributed by atoms with van der Waals surface area (Å²) in [5.41, 5.74) is 0.123. The Kier molecular flexibility index (Phi) is 4.42. The van der Waals surface area contributed by atoms with Crippen LogP contribution in [-0.2, 0) is 0 Å². The molecule has 0 aliphatic carbocycles. The van der Waals surface area contributed by atoms with Crippen LogP contribution >= 0.6 is 11.6 Å². The standard InChI is InChI=1S/C9H9ClF2N2O2/c1-16-8-3-5(2-6(10)14-8)9(15)13-4-7(11)12/h2-3,7H,4H2,1H3,(H,13,15). The van der Waals surface area contributed by atoms with Crippen molar-refractivity contribution in [3.63, 3.8) is 0 Å². The van der Waals surface area contributed by atoms with Gasteiger partial charge in [-0.05, 0) is 6.07 Å². The maximum absolute atomic E-state index is 11.9. The number of rotatable bonds is 4. The summed E-state index contributed by atoms with van der Waals surface area (Å²) in [6, 6.07) is 2.58. The molecule has 1 rings (SSSR count). The summed E-state index contributed by atoms with van der Waals surface area (Å²) >= 11 is 5.62. The van der Waals surface area contributed by atoms with Crippen LogP contribution in [0.2, 0.25) is 5.15 Å². The Morgan fingerprint density at radius 3 is 2.88 bits per heavy atom. The van der Waals surface area contributed by atoms with Crippen molar-refractivity contribution in [1.82, 2.24) is 10.3 Å². The van der Waals surface area contributed by atoms with Crippen molar-refractivity contribution in [3.05, 3.63) is 22.8 Å². The van der Waals surface area contributed by atoms with Gasteiger partial charge in [0.05, 0.1) is 13.7 Å². The van der Waals surface area contributed by atoms with Gasteiger partial charge >= 0.3 is 0 Å². The lowest BCUT2D eigenvalue weighted by Gasteiger charge is -2.06. The fraction of sp³-hybridized carbons (Fsp3) is 0.333. The zero-order valence-corrected chi connectivity index (χ0v) is 9.09. The molecule has 0 radical (unpaired) electrons. The highest BCUT2D eigenvalue weighted by atomic mass is 35.5. The van der Waals surface area contributed by atoms with Gasteiger partial charge in [-0.15, -0.1) is 0 Å². The maximum atomic E-state index is 11.9. The van der Waals surface area contributed by atoms with Gasteiger partial charge in [0.15, 0.2) is 0 Å². The quantitative estimate of drug-likeness (QED) is 0.828. The van der Waals surface area contributed by atoms with E-state index in [2.05, 4.69) is 4.98 Å². The molecule has 0 aromatic carbocycles. The first kappa shape index (κ1) is 12.6. The largest absolute Gasteiger partial charge is 0.481 e. The van der Waals surface area contributed by atoms with E-state index in [4.69, 9.17) is 16.3 Å². The molecule has 1 aromatic heterocycles. The van der Waals surface area contributed by atoms with Crippen LogP contribution in [0, 0.1) is 0 Å². The van der Waals surface area contributed by atoms with Gasteiger partial charge in [-0.2, -0.15) is 0 Å². The van der Waals surface area contributed by atoms with E-state index < -0.39 is 18.9 Å². The topological polar surface area (TPSA) is 51.2 Å². The van der Waals surface area contributed by atoms with Crippen LogP contribution in [0.25, 0.3) is 0 Å². The second-order valence-electron chi connectivity index (χ2n) is 2.82. The van der Waals surface area contributed by atoms with Crippen molar-refractivity contribution in [2.45, 2.75) is 6.43 Å². The first-order chi connectivity index (χ1) is 7.52. The fourth-order valence-electron chi connectivity index (χ4n) is 0.980. The average molecular weight is 251 g/mol. The zero-order chi connectivity index (χ0) is 12.1. The molecule has 1 amide bonds. The summed E-state index contributed by atoms with van der Waals surface area (Å²) in [5, 5.41) is 2.10. The molecule has 1 heterocycles. The molecule has 0 saturated heterocycles. The molecule has 0 spiro atoms. The van der Waals surface area contributed by atoms with Gasteiger partial charge < -0.3 is 10.1 Å². The van der Waals surface area contributed by atoms with E-state index in [0.29, 0.717) is 0 Å². The Morgan fingerprint density at radius 1 is 1.62 bits per heavy atom. The van der Waals surface area contributed by atoms with E-state index in [1.807, 2.05) is 5.32 Å². The predicted octanol–water partition coefficient (Wildman–Crippen LogP) is 1.74. The second-order valence-corrected chi connectivity index (χ2v) is 3.21. The lowest BCUT2D eigenvalue weighted by atomic mass is 10.2. The van der Waals surface area contributed by atoms with Gasteiger partial charge in [0.1, 0.15) is 5.15 Å². The molecule has 0 fully saturated rings. The van der Waals surface area contributed by atoms with Gasteiger partial charge in [0, 0.05) is 11.6 Å². The van der Waals surface area contributed by atoms with Crippen molar-refractivity contribution in [3.8, 4) is 5.88 Å². The minimum Gasteiger partial charge on any atom is -0.481 e. The number of carbonyl (C=O) groups is 1. The molecule has 0 atom stereocenters. The Hall–Kier alpha value is -1.43. The molecule has 0 bridgehead atoms. The lowest BCUT2D eigenvalue weighted by Crippen LogP contribution is -2.28. The van der Waals surface area contributed by atoms with Gasteiger partial charge in [-0.3, -0.25) is 4.79 Å². The highest BCUT2D eigenvalue weighted by Gasteiger charge is 2.11. The molecule has 1 N–H and O–H groups in total. The first-order valence-corrected chi connectivity index (χ1v) is 4.68. The second kappa shape index (κ2) is 5.60. The molecule has 88 valence electrons. The number of aromatic nitrogens is 1. The Labute approximate surface area is 95.6 Å². The van der Waals surface area contributed by atoms with E-state index in [1.54, 1.807) is 0 Å². The Balaban J connectivity index is 2.78. The van der Waals surface area contributed by atoms with Gasteiger partial charge in [0.25, 0.3) is 12.3 Å². The fourth-order valence-corrected chi connectivity index (χ4v) is 1.18. The van der Waals surface area contributed by atoms with Crippen LogP contribution in [0.1, 0.15) is 10.4 Å². The molecular weight excluding hydrogens is 242 g/mol. The number of carbonyl (C=O) groups excluding carboxylic acids is 1. The van der Waals surface area contributed by atoms with E-state index >= 15 is 0 Å². The first-order valence-electron chi connectivity index (χ1n) is 4.31. The van der Waals surface area contributed by atoms with Gasteiger partial charge in [-0.25, -0.2) is 13.8 Å². The zero-order valence-electron chi connectivity index (χ0n) is 8.34. The van der Waals surface area contributed by atoms with Crippen LogP contribution in [0.15, 0.2) is 12.1 Å². The van der Waals surface area contributed by atoms with Crippen LogP contribution in [0.4, 0.5) is 8.78 Å². The van der Waals surface area contributed by atoms with Crippen LogP contribution in [0.5, 0.6) is 5.88 Å². The molecule has 1 aromatic rings. The smallest absolute Gasteiger partial charge is 0.255 e. The van der Waals surface area contributed by atoms with Gasteiger partial charge in [0.2, 0.25) is 5.88 Å². The van der Waals surface area contributed by atoms with Crippen molar-refractivity contribution in [1.29, 1.82) is 0 Å². The number of amides is 1. The summed E-state index contributed by atoms with van der Waals surface area (Å²) in [4.78, 5) is 15.1. The summed E-state index contributed by atoms with van der Waals surface area (Å²) < 4.78 is 28.5. The summed E-state index contributed by atoms with van der Waals surface area (Å²) in [7, 11) is 1.36. The van der Waals surface area contributed by atoms with Crippen molar-refractivity contribution < 1.29 is 18.3 Å². The molecule has 0 unspecified atom stereocenters. The van der Waals surface area contributed by atoms with E-state index in [1.165, 1.54) is 19.2 Å². The third-order valence-electron chi connectivity index (χ3n) is 1.66. The predicted molar refractivity (Wildman–Crippen MR) is 54.1 cm³/mol. The summed E-state index contributed by atoms with van der Waals surface area (Å²) in [5.74, 6) is -0.502. The highest BCUT2D eigenvalue weighted by Crippen LogP contribution is 2.15. The van der Waals surface area contributed by atoms with Crippen molar-refractivity contribution in [2.24, 2.45) is 0 Å². The summed E-state index contributed by atoms with van der Waals surface area (Å²) in [6.45, 7) is -0.707. The maximum Gasteiger partial charge on any atom is 0.255 e. The number of nitrogens with one attached hydrogen (secondary N) is 1. The number of hydrogen-bond acceptors (Lipinski definition) is 3. The molecule has 0 aliphatic heterocycles. The summed E-state index contributed by atoms with van der Waals surface area (Å²) in [6.07, 6.45) is -2.59. The lowest BCUT2D eigenvalue weighted by molar-refractivity contribution is 0.0891. The minimum absolute atomic E-state index is 0.0570. The molecule has 0 aliphatic rings. The number of methoxy groups -OCH3 is 1. The monoisotopic (exact) mass is 250 g/mol. The third-order valence-corrected chi connectivity index (χ3v) is 1.85. The number of hydrogen-bond donors (Lipinski definition) is 1. The SMILES string of the molecule is COc1cc(C(=O)NCC(F)F)cc(Cl)n1. The molecule has 4 nitrogen and oxygen atoms in total. The molecule has 0 saturated carbocycles. The van der Waals surface area contributed by atoms with Crippen molar-refractivity contribution in [2.75, 3.05) is 13.7 Å². The van der Waals surface area contributed by atoms with E-state index in [9.17, 15) is 13.6 Å².